The first kappa shape index (κ1) is 27.9. The van der Waals surface area contributed by atoms with E-state index in [1.54, 1.807) is 0 Å². The largest absolute Gasteiger partial charge is 0.465 e. The third-order valence-electron chi connectivity index (χ3n) is 7.71. The molecule has 0 N–H and O–H groups in total. The number of benzene rings is 1. The number of carbonyl (C=O) groups excluding carboxylic acids is 1. The van der Waals surface area contributed by atoms with Gasteiger partial charge in [0.25, 0.3) is 0 Å². The summed E-state index contributed by atoms with van der Waals surface area (Å²) >= 11 is 0. The summed E-state index contributed by atoms with van der Waals surface area (Å²) < 4.78 is 45.0. The van der Waals surface area contributed by atoms with Crippen LogP contribution in [0.3, 0.4) is 0 Å². The number of rotatable bonds is 8. The van der Waals surface area contributed by atoms with Gasteiger partial charge in [0.05, 0.1) is 13.7 Å². The maximum atomic E-state index is 12.8. The van der Waals surface area contributed by atoms with Crippen molar-refractivity contribution in [2.24, 2.45) is 0 Å². The quantitative estimate of drug-likeness (QED) is 0.255. The van der Waals surface area contributed by atoms with Gasteiger partial charge in [-0.1, -0.05) is 85.7 Å². The Morgan fingerprint density at radius 1 is 0.861 bits per heavy atom. The maximum absolute atomic E-state index is 12.8. The van der Waals surface area contributed by atoms with Gasteiger partial charge in [0.2, 0.25) is 0 Å². The summed E-state index contributed by atoms with van der Waals surface area (Å²) in [6, 6.07) is 9.84. The number of carbonyl (C=O) groups is 1. The van der Waals surface area contributed by atoms with E-state index in [0.717, 1.165) is 5.56 Å². The van der Waals surface area contributed by atoms with Crippen LogP contribution in [-0.4, -0.2) is 60.6 Å². The molecule has 202 valence electrons. The number of hydrogen-bond donors (Lipinski definition) is 0. The van der Waals surface area contributed by atoms with E-state index in [9.17, 15) is 4.79 Å². The highest BCUT2D eigenvalue weighted by atomic mass is 28.5. The molecule has 1 aromatic rings. The van der Waals surface area contributed by atoms with Gasteiger partial charge in [-0.15, -0.1) is 0 Å². The highest BCUT2D eigenvalue weighted by Crippen LogP contribution is 2.55. The second kappa shape index (κ2) is 10.2. The minimum absolute atomic E-state index is 0.155. The van der Waals surface area contributed by atoms with E-state index in [1.165, 1.54) is 7.11 Å². The third kappa shape index (κ3) is 4.53. The fraction of sp³-hybridized carbons (Fsp3) is 0.731. The molecule has 3 saturated heterocycles. The molecule has 0 radical (unpaired) electrons. The zero-order chi connectivity index (χ0) is 26.5. The molecular formula is C26H42O8Si2. The van der Waals surface area contributed by atoms with Crippen molar-refractivity contribution >= 4 is 23.1 Å². The molecule has 0 unspecified atom stereocenters. The van der Waals surface area contributed by atoms with Crippen LogP contribution in [0.2, 0.25) is 22.2 Å². The standard InChI is InChI=1S/C26H42O8Si2/c1-16(2)35(17(3)4)32-21-22(33-36(34-35,18(5)6)19(7)8)24(29-15-20-13-11-10-12-14-20)31-26(23(21)30-26)25(27)28-9/h10-14,16-19,21-24H,15H2,1-9H3/t21-,22-,23+,24-,26+/m1/s1. The van der Waals surface area contributed by atoms with E-state index in [-0.39, 0.29) is 28.8 Å². The van der Waals surface area contributed by atoms with Crippen molar-refractivity contribution in [1.29, 1.82) is 0 Å². The minimum atomic E-state index is -2.87. The van der Waals surface area contributed by atoms with E-state index in [1.807, 2.05) is 30.3 Å². The molecule has 3 aliphatic heterocycles. The van der Waals surface area contributed by atoms with Crippen molar-refractivity contribution in [1.82, 2.24) is 0 Å². The number of fused-ring (bicyclic) bond motifs is 3. The Hall–Kier alpha value is -1.12. The first-order valence-corrected chi connectivity index (χ1v) is 17.0. The predicted octanol–water partition coefficient (Wildman–Crippen LogP) is 5.15. The zero-order valence-electron chi connectivity index (χ0n) is 23.0. The summed E-state index contributed by atoms with van der Waals surface area (Å²) in [5.74, 6) is -2.15. The van der Waals surface area contributed by atoms with Gasteiger partial charge >= 0.3 is 28.9 Å². The van der Waals surface area contributed by atoms with Gasteiger partial charge in [-0.2, -0.15) is 0 Å². The fourth-order valence-electron chi connectivity index (χ4n) is 5.66. The number of epoxide rings is 1. The Morgan fingerprint density at radius 3 is 1.89 bits per heavy atom. The van der Waals surface area contributed by atoms with Crippen molar-refractivity contribution in [3.63, 3.8) is 0 Å². The minimum Gasteiger partial charge on any atom is -0.465 e. The van der Waals surface area contributed by atoms with E-state index >= 15 is 0 Å². The Bertz CT molecular complexity index is 908. The number of hydrogen-bond acceptors (Lipinski definition) is 8. The lowest BCUT2D eigenvalue weighted by Gasteiger charge is -2.45. The molecule has 5 atom stereocenters. The molecule has 0 spiro atoms. The monoisotopic (exact) mass is 538 g/mol. The van der Waals surface area contributed by atoms with Crippen molar-refractivity contribution < 1.29 is 36.7 Å². The molecule has 0 aromatic heterocycles. The number of ether oxygens (including phenoxy) is 4. The van der Waals surface area contributed by atoms with Gasteiger partial charge in [0.15, 0.2) is 12.4 Å². The van der Waals surface area contributed by atoms with Crippen LogP contribution in [0.1, 0.15) is 61.0 Å². The van der Waals surface area contributed by atoms with Gasteiger partial charge in [-0.25, -0.2) is 4.79 Å². The van der Waals surface area contributed by atoms with Gasteiger partial charge in [0.1, 0.15) is 12.2 Å². The van der Waals surface area contributed by atoms with Gasteiger partial charge in [0, 0.05) is 0 Å². The maximum Gasteiger partial charge on any atom is 0.369 e. The van der Waals surface area contributed by atoms with Crippen molar-refractivity contribution in [3.05, 3.63) is 35.9 Å². The molecule has 0 saturated carbocycles. The summed E-state index contributed by atoms with van der Waals surface area (Å²) in [5, 5.41) is 0. The average Bonchev–Trinajstić information content (AvgIpc) is 3.60. The summed E-state index contributed by atoms with van der Waals surface area (Å²) in [4.78, 5) is 12.8. The van der Waals surface area contributed by atoms with Gasteiger partial charge in [-0.05, 0) is 27.7 Å². The third-order valence-corrected chi connectivity index (χ3v) is 18.0. The Balaban J connectivity index is 1.79. The van der Waals surface area contributed by atoms with E-state index in [4.69, 9.17) is 31.9 Å². The van der Waals surface area contributed by atoms with E-state index in [2.05, 4.69) is 55.4 Å². The fourth-order valence-corrected chi connectivity index (χ4v) is 16.9. The Kier molecular flexibility index (Phi) is 7.92. The molecule has 0 bridgehead atoms. The lowest BCUT2D eigenvalue weighted by Crippen LogP contribution is -2.60. The van der Waals surface area contributed by atoms with Crippen molar-refractivity contribution in [2.45, 2.75) is 115 Å². The van der Waals surface area contributed by atoms with Crippen LogP contribution in [0.5, 0.6) is 0 Å². The van der Waals surface area contributed by atoms with Crippen LogP contribution in [0.25, 0.3) is 0 Å². The molecular weight excluding hydrogens is 496 g/mol. The van der Waals surface area contributed by atoms with E-state index in [0.29, 0.717) is 0 Å². The molecule has 3 heterocycles. The topological polar surface area (TPSA) is 85.0 Å². The lowest BCUT2D eigenvalue weighted by atomic mass is 10.0. The lowest BCUT2D eigenvalue weighted by molar-refractivity contribution is -0.270. The van der Waals surface area contributed by atoms with Crippen LogP contribution in [0, 0.1) is 0 Å². The Morgan fingerprint density at radius 2 is 1.39 bits per heavy atom. The SMILES string of the molecule is COC(=O)[C@@]12O[C@@H](OCc3ccccc3)[C@@H]3O[Si](C(C)C)(C(C)C)O[Si](C(C)C)(C(C)C)O[C@H]3[C@@H]1O2. The molecule has 3 aliphatic rings. The number of esters is 1. The first-order valence-electron chi connectivity index (χ1n) is 13.1. The average molecular weight is 539 g/mol. The van der Waals surface area contributed by atoms with Crippen LogP contribution in [-0.2, 0) is 43.3 Å². The molecule has 3 fully saturated rings. The summed E-state index contributed by atoms with van der Waals surface area (Å²) in [7, 11) is -4.42. The van der Waals surface area contributed by atoms with Crippen molar-refractivity contribution in [3.8, 4) is 0 Å². The smallest absolute Gasteiger partial charge is 0.369 e. The zero-order valence-corrected chi connectivity index (χ0v) is 25.0. The van der Waals surface area contributed by atoms with Crippen molar-refractivity contribution in [2.75, 3.05) is 7.11 Å². The van der Waals surface area contributed by atoms with Crippen LogP contribution < -0.4 is 0 Å². The molecule has 8 nitrogen and oxygen atoms in total. The first-order chi connectivity index (χ1) is 16.9. The highest BCUT2D eigenvalue weighted by molar-refractivity contribution is 6.84. The van der Waals surface area contributed by atoms with E-state index < -0.39 is 53.5 Å². The second-order valence-electron chi connectivity index (χ2n) is 11.3. The molecule has 4 rings (SSSR count). The number of methoxy groups -OCH3 is 1. The van der Waals surface area contributed by atoms with Crippen LogP contribution in [0.4, 0.5) is 0 Å². The van der Waals surface area contributed by atoms with Crippen LogP contribution >= 0.6 is 0 Å². The van der Waals surface area contributed by atoms with Crippen LogP contribution in [0.15, 0.2) is 30.3 Å². The summed E-state index contributed by atoms with van der Waals surface area (Å²) in [6.07, 6.45) is -2.74. The molecule has 1 aromatic carbocycles. The predicted molar refractivity (Wildman–Crippen MR) is 138 cm³/mol. The molecule has 0 amide bonds. The summed E-state index contributed by atoms with van der Waals surface area (Å²) in [6.45, 7) is 17.6. The van der Waals surface area contributed by atoms with Gasteiger partial charge < -0.3 is 31.9 Å². The second-order valence-corrected chi connectivity index (χ2v) is 20.1. The highest BCUT2D eigenvalue weighted by Gasteiger charge is 2.78. The molecule has 36 heavy (non-hydrogen) atoms. The van der Waals surface area contributed by atoms with Gasteiger partial charge in [-0.3, -0.25) is 0 Å². The molecule has 0 aliphatic carbocycles. The normalized spacial score (nSPS) is 32.8. The summed E-state index contributed by atoms with van der Waals surface area (Å²) in [5.41, 5.74) is 1.61. The molecule has 10 heteroatoms. The Labute approximate surface area is 217 Å².